The topological polar surface area (TPSA) is 42.0 Å². The number of para-hydroxylation sites is 1. The second kappa shape index (κ2) is 5.17. The van der Waals surface area contributed by atoms with Crippen LogP contribution in [0.15, 0.2) is 30.3 Å². The average Bonchev–Trinajstić information content (AvgIpc) is 2.27. The van der Waals surface area contributed by atoms with E-state index in [9.17, 15) is 4.79 Å². The predicted molar refractivity (Wildman–Crippen MR) is 78.4 cm³/mol. The molecule has 3 nitrogen and oxygen atoms in total. The first kappa shape index (κ1) is 13.8. The van der Waals surface area contributed by atoms with Crippen LogP contribution in [0, 0.1) is 0 Å². The highest BCUT2D eigenvalue weighted by atomic mass is 35.5. The molecule has 100 valence electrons. The third-order valence-electron chi connectivity index (χ3n) is 2.58. The molecule has 1 amide bonds. The molecule has 0 aliphatic heterocycles. The van der Waals surface area contributed by atoms with Crippen LogP contribution in [0.2, 0.25) is 5.02 Å². The minimum Gasteiger partial charge on any atom is -0.351 e. The van der Waals surface area contributed by atoms with Gasteiger partial charge in [-0.2, -0.15) is 0 Å². The Morgan fingerprint density at radius 2 is 2.00 bits per heavy atom. The number of fused-ring (bicyclic) bond motifs is 1. The van der Waals surface area contributed by atoms with Gasteiger partial charge in [-0.3, -0.25) is 9.78 Å². The Morgan fingerprint density at radius 1 is 1.26 bits per heavy atom. The lowest BCUT2D eigenvalue weighted by Crippen LogP contribution is -2.41. The van der Waals surface area contributed by atoms with Gasteiger partial charge in [-0.1, -0.05) is 29.8 Å². The van der Waals surface area contributed by atoms with E-state index in [0.29, 0.717) is 5.02 Å². The van der Waals surface area contributed by atoms with Crippen molar-refractivity contribution in [1.29, 1.82) is 0 Å². The van der Waals surface area contributed by atoms with Crippen molar-refractivity contribution in [3.05, 3.63) is 41.0 Å². The molecule has 0 unspecified atom stereocenters. The van der Waals surface area contributed by atoms with Gasteiger partial charge in [-0.25, -0.2) is 0 Å². The average molecular weight is 277 g/mol. The van der Waals surface area contributed by atoms with Crippen LogP contribution in [-0.2, 0) is 11.2 Å². The fraction of sp³-hybridized carbons (Fsp3) is 0.333. The van der Waals surface area contributed by atoms with Crippen molar-refractivity contribution >= 4 is 28.4 Å². The van der Waals surface area contributed by atoms with Crippen LogP contribution < -0.4 is 5.32 Å². The molecule has 1 aromatic heterocycles. The number of benzene rings is 1. The molecule has 4 heteroatoms. The zero-order valence-corrected chi connectivity index (χ0v) is 12.1. The van der Waals surface area contributed by atoms with Gasteiger partial charge in [-0.15, -0.1) is 0 Å². The van der Waals surface area contributed by atoms with Crippen molar-refractivity contribution in [2.45, 2.75) is 32.7 Å². The molecule has 0 bridgehead atoms. The lowest BCUT2D eigenvalue weighted by atomic mass is 10.1. The summed E-state index contributed by atoms with van der Waals surface area (Å²) in [6, 6.07) is 9.44. The predicted octanol–water partition coefficient (Wildman–Crippen LogP) is 3.35. The summed E-state index contributed by atoms with van der Waals surface area (Å²) in [7, 11) is 0. The molecular formula is C15H17ClN2O. The summed E-state index contributed by atoms with van der Waals surface area (Å²) in [5.74, 6) is -0.0357. The minimum absolute atomic E-state index is 0.0357. The summed E-state index contributed by atoms with van der Waals surface area (Å²) in [6.45, 7) is 5.86. The maximum Gasteiger partial charge on any atom is 0.226 e. The highest BCUT2D eigenvalue weighted by molar-refractivity contribution is 6.35. The molecule has 0 spiro atoms. The molecule has 0 aliphatic rings. The Labute approximate surface area is 118 Å². The number of carbonyl (C=O) groups excluding carboxylic acids is 1. The van der Waals surface area contributed by atoms with E-state index in [1.54, 1.807) is 6.07 Å². The number of rotatable bonds is 2. The SMILES string of the molecule is CC(C)(C)NC(=O)Cc1ccc2cccc(Cl)c2n1. The zero-order valence-electron chi connectivity index (χ0n) is 11.3. The Hall–Kier alpha value is -1.61. The Balaban J connectivity index is 2.22. The maximum atomic E-state index is 11.9. The van der Waals surface area contributed by atoms with E-state index < -0.39 is 0 Å². The van der Waals surface area contributed by atoms with E-state index in [1.807, 2.05) is 45.0 Å². The van der Waals surface area contributed by atoms with Crippen molar-refractivity contribution in [3.63, 3.8) is 0 Å². The highest BCUT2D eigenvalue weighted by Crippen LogP contribution is 2.21. The number of nitrogens with one attached hydrogen (secondary N) is 1. The summed E-state index contributed by atoms with van der Waals surface area (Å²) in [5.41, 5.74) is 1.23. The van der Waals surface area contributed by atoms with Gasteiger partial charge in [-0.05, 0) is 32.9 Å². The first-order chi connectivity index (χ1) is 8.85. The molecule has 19 heavy (non-hydrogen) atoms. The highest BCUT2D eigenvalue weighted by Gasteiger charge is 2.14. The summed E-state index contributed by atoms with van der Waals surface area (Å²) in [4.78, 5) is 16.3. The van der Waals surface area contributed by atoms with Crippen molar-refractivity contribution < 1.29 is 4.79 Å². The van der Waals surface area contributed by atoms with Gasteiger partial charge in [0.1, 0.15) is 0 Å². The van der Waals surface area contributed by atoms with Gasteiger partial charge in [0.2, 0.25) is 5.91 Å². The number of halogens is 1. The zero-order chi connectivity index (χ0) is 14.0. The van der Waals surface area contributed by atoms with E-state index >= 15 is 0 Å². The van der Waals surface area contributed by atoms with Crippen molar-refractivity contribution in [3.8, 4) is 0 Å². The molecule has 2 rings (SSSR count). The van der Waals surface area contributed by atoms with E-state index in [-0.39, 0.29) is 17.9 Å². The summed E-state index contributed by atoms with van der Waals surface area (Å²) < 4.78 is 0. The van der Waals surface area contributed by atoms with Gasteiger partial charge in [0.15, 0.2) is 0 Å². The van der Waals surface area contributed by atoms with Gasteiger partial charge in [0, 0.05) is 10.9 Å². The van der Waals surface area contributed by atoms with Crippen molar-refractivity contribution in [2.24, 2.45) is 0 Å². The molecule has 0 fully saturated rings. The van der Waals surface area contributed by atoms with Crippen LogP contribution in [-0.4, -0.2) is 16.4 Å². The minimum atomic E-state index is -0.231. The van der Waals surface area contributed by atoms with Crippen LogP contribution in [0.3, 0.4) is 0 Å². The number of carbonyl (C=O) groups is 1. The molecule has 1 aromatic carbocycles. The summed E-state index contributed by atoms with van der Waals surface area (Å²) >= 11 is 6.11. The van der Waals surface area contributed by atoms with Crippen LogP contribution in [0.5, 0.6) is 0 Å². The quantitative estimate of drug-likeness (QED) is 0.914. The molecule has 1 heterocycles. The number of nitrogens with zero attached hydrogens (tertiary/aromatic N) is 1. The lowest BCUT2D eigenvalue weighted by Gasteiger charge is -2.20. The Bertz CT molecular complexity index is 617. The number of aromatic nitrogens is 1. The molecular weight excluding hydrogens is 260 g/mol. The normalized spacial score (nSPS) is 11.6. The van der Waals surface area contributed by atoms with Crippen LogP contribution in [0.4, 0.5) is 0 Å². The number of hydrogen-bond donors (Lipinski definition) is 1. The first-order valence-electron chi connectivity index (χ1n) is 6.20. The Morgan fingerprint density at radius 3 is 2.68 bits per heavy atom. The summed E-state index contributed by atoms with van der Waals surface area (Å²) in [5, 5.41) is 4.50. The fourth-order valence-electron chi connectivity index (χ4n) is 1.88. The number of hydrogen-bond acceptors (Lipinski definition) is 2. The smallest absolute Gasteiger partial charge is 0.226 e. The van der Waals surface area contributed by atoms with Crippen LogP contribution >= 0.6 is 11.6 Å². The molecule has 0 atom stereocenters. The molecule has 0 radical (unpaired) electrons. The molecule has 0 aliphatic carbocycles. The Kier molecular flexibility index (Phi) is 3.76. The van der Waals surface area contributed by atoms with Gasteiger partial charge < -0.3 is 5.32 Å². The third kappa shape index (κ3) is 3.67. The second-order valence-electron chi connectivity index (χ2n) is 5.59. The van der Waals surface area contributed by atoms with Gasteiger partial charge in [0.25, 0.3) is 0 Å². The van der Waals surface area contributed by atoms with E-state index in [4.69, 9.17) is 11.6 Å². The van der Waals surface area contributed by atoms with Crippen molar-refractivity contribution in [1.82, 2.24) is 10.3 Å². The fourth-order valence-corrected chi connectivity index (χ4v) is 2.10. The maximum absolute atomic E-state index is 11.9. The van der Waals surface area contributed by atoms with E-state index in [1.165, 1.54) is 0 Å². The lowest BCUT2D eigenvalue weighted by molar-refractivity contribution is -0.121. The standard InChI is InChI=1S/C15H17ClN2O/c1-15(2,3)18-13(19)9-11-8-7-10-5-4-6-12(16)14(10)17-11/h4-8H,9H2,1-3H3,(H,18,19). The van der Waals surface area contributed by atoms with Crippen molar-refractivity contribution in [2.75, 3.05) is 0 Å². The molecule has 0 saturated carbocycles. The largest absolute Gasteiger partial charge is 0.351 e. The van der Waals surface area contributed by atoms with Gasteiger partial charge >= 0.3 is 0 Å². The van der Waals surface area contributed by atoms with E-state index in [2.05, 4.69) is 10.3 Å². The number of amides is 1. The monoisotopic (exact) mass is 276 g/mol. The molecule has 0 saturated heterocycles. The first-order valence-corrected chi connectivity index (χ1v) is 6.58. The molecule has 1 N–H and O–H groups in total. The van der Waals surface area contributed by atoms with Gasteiger partial charge in [0.05, 0.1) is 22.7 Å². The number of pyridine rings is 1. The van der Waals surface area contributed by atoms with Crippen LogP contribution in [0.1, 0.15) is 26.5 Å². The third-order valence-corrected chi connectivity index (χ3v) is 2.89. The summed E-state index contributed by atoms with van der Waals surface area (Å²) in [6.07, 6.45) is 0.262. The van der Waals surface area contributed by atoms with Crippen LogP contribution in [0.25, 0.3) is 10.9 Å². The second-order valence-corrected chi connectivity index (χ2v) is 6.00. The molecule has 2 aromatic rings. The van der Waals surface area contributed by atoms with E-state index in [0.717, 1.165) is 16.6 Å².